The molecule has 1 aromatic carbocycles. The van der Waals surface area contributed by atoms with Crippen molar-refractivity contribution < 1.29 is 4.74 Å². The SMILES string of the molecule is CCN(CC)c1cccc(OCCNCC2CC2)c1. The van der Waals surface area contributed by atoms with Gasteiger partial charge in [0.1, 0.15) is 12.4 Å². The molecule has 1 aromatic rings. The molecule has 19 heavy (non-hydrogen) atoms. The Labute approximate surface area is 116 Å². The van der Waals surface area contributed by atoms with Gasteiger partial charge in [0, 0.05) is 31.4 Å². The number of nitrogens with one attached hydrogen (secondary N) is 1. The lowest BCUT2D eigenvalue weighted by Gasteiger charge is -2.21. The second-order valence-corrected chi connectivity index (χ2v) is 5.17. The molecule has 3 nitrogen and oxygen atoms in total. The minimum absolute atomic E-state index is 0.744. The molecular weight excluding hydrogens is 236 g/mol. The topological polar surface area (TPSA) is 24.5 Å². The average molecular weight is 262 g/mol. The Hall–Kier alpha value is -1.22. The molecule has 2 rings (SSSR count). The molecule has 1 saturated carbocycles. The van der Waals surface area contributed by atoms with Crippen molar-refractivity contribution in [3.05, 3.63) is 24.3 Å². The molecule has 0 aliphatic heterocycles. The normalized spacial score (nSPS) is 14.4. The molecule has 0 radical (unpaired) electrons. The molecule has 0 atom stereocenters. The van der Waals surface area contributed by atoms with Gasteiger partial charge < -0.3 is 15.0 Å². The van der Waals surface area contributed by atoms with Crippen molar-refractivity contribution >= 4 is 5.69 Å². The van der Waals surface area contributed by atoms with Crippen molar-refractivity contribution in [2.24, 2.45) is 5.92 Å². The first-order chi connectivity index (χ1) is 9.33. The van der Waals surface area contributed by atoms with E-state index in [4.69, 9.17) is 4.74 Å². The summed E-state index contributed by atoms with van der Waals surface area (Å²) >= 11 is 0. The lowest BCUT2D eigenvalue weighted by atomic mass is 10.2. The van der Waals surface area contributed by atoms with Crippen LogP contribution in [0.3, 0.4) is 0 Å². The molecule has 1 fully saturated rings. The summed E-state index contributed by atoms with van der Waals surface area (Å²) in [7, 11) is 0. The number of anilines is 1. The molecule has 0 spiro atoms. The third kappa shape index (κ3) is 4.75. The van der Waals surface area contributed by atoms with Crippen LogP contribution in [0.1, 0.15) is 26.7 Å². The van der Waals surface area contributed by atoms with Gasteiger partial charge >= 0.3 is 0 Å². The van der Waals surface area contributed by atoms with E-state index in [2.05, 4.69) is 42.3 Å². The van der Waals surface area contributed by atoms with Gasteiger partial charge in [0.05, 0.1) is 0 Å². The lowest BCUT2D eigenvalue weighted by molar-refractivity contribution is 0.313. The van der Waals surface area contributed by atoms with E-state index < -0.39 is 0 Å². The first kappa shape index (κ1) is 14.2. The summed E-state index contributed by atoms with van der Waals surface area (Å²) in [5, 5.41) is 3.44. The highest BCUT2D eigenvalue weighted by Gasteiger charge is 2.19. The van der Waals surface area contributed by atoms with Crippen molar-refractivity contribution in [3.63, 3.8) is 0 Å². The van der Waals surface area contributed by atoms with Crippen LogP contribution in [0, 0.1) is 5.92 Å². The number of hydrogen-bond acceptors (Lipinski definition) is 3. The van der Waals surface area contributed by atoms with E-state index in [-0.39, 0.29) is 0 Å². The predicted molar refractivity (Wildman–Crippen MR) is 81.1 cm³/mol. The van der Waals surface area contributed by atoms with Crippen LogP contribution in [0.4, 0.5) is 5.69 Å². The molecule has 106 valence electrons. The molecule has 3 heteroatoms. The van der Waals surface area contributed by atoms with Crippen LogP contribution in [-0.2, 0) is 0 Å². The number of ether oxygens (including phenoxy) is 1. The van der Waals surface area contributed by atoms with Crippen molar-refractivity contribution in [1.82, 2.24) is 5.32 Å². The Morgan fingerprint density at radius 3 is 2.74 bits per heavy atom. The zero-order valence-corrected chi connectivity index (χ0v) is 12.2. The van der Waals surface area contributed by atoms with E-state index >= 15 is 0 Å². The van der Waals surface area contributed by atoms with Crippen molar-refractivity contribution in [1.29, 1.82) is 0 Å². The van der Waals surface area contributed by atoms with Crippen LogP contribution in [0.2, 0.25) is 0 Å². The first-order valence-electron chi connectivity index (χ1n) is 7.52. The maximum Gasteiger partial charge on any atom is 0.121 e. The molecule has 0 unspecified atom stereocenters. The van der Waals surface area contributed by atoms with Crippen LogP contribution < -0.4 is 15.0 Å². The molecule has 0 saturated heterocycles. The Bertz CT molecular complexity index is 373. The van der Waals surface area contributed by atoms with Crippen molar-refractivity contribution in [3.8, 4) is 5.75 Å². The van der Waals surface area contributed by atoms with Crippen LogP contribution in [-0.4, -0.2) is 32.8 Å². The zero-order chi connectivity index (χ0) is 13.5. The van der Waals surface area contributed by atoms with Gasteiger partial charge in [0.25, 0.3) is 0 Å². The fourth-order valence-electron chi connectivity index (χ4n) is 2.23. The summed E-state index contributed by atoms with van der Waals surface area (Å²) < 4.78 is 5.80. The number of benzene rings is 1. The highest BCUT2D eigenvalue weighted by atomic mass is 16.5. The second-order valence-electron chi connectivity index (χ2n) is 5.17. The summed E-state index contributed by atoms with van der Waals surface area (Å²) in [6.07, 6.45) is 2.81. The van der Waals surface area contributed by atoms with Gasteiger partial charge in [-0.05, 0) is 51.3 Å². The minimum atomic E-state index is 0.744. The van der Waals surface area contributed by atoms with E-state index in [9.17, 15) is 0 Å². The average Bonchev–Trinajstić information content (AvgIpc) is 3.24. The number of hydrogen-bond donors (Lipinski definition) is 1. The molecule has 0 amide bonds. The van der Waals surface area contributed by atoms with Crippen molar-refractivity contribution in [2.45, 2.75) is 26.7 Å². The summed E-state index contributed by atoms with van der Waals surface area (Å²) in [5.41, 5.74) is 1.24. The third-order valence-electron chi connectivity index (χ3n) is 3.62. The fourth-order valence-corrected chi connectivity index (χ4v) is 2.23. The van der Waals surface area contributed by atoms with Crippen LogP contribution in [0.5, 0.6) is 5.75 Å². The molecule has 1 aliphatic rings. The summed E-state index contributed by atoms with van der Waals surface area (Å²) in [6.45, 7) is 9.26. The molecule has 0 bridgehead atoms. The summed E-state index contributed by atoms with van der Waals surface area (Å²) in [4.78, 5) is 2.33. The second kappa shape index (κ2) is 7.39. The van der Waals surface area contributed by atoms with E-state index in [0.717, 1.165) is 44.5 Å². The van der Waals surface area contributed by atoms with Gasteiger partial charge in [0.2, 0.25) is 0 Å². The maximum atomic E-state index is 5.80. The van der Waals surface area contributed by atoms with Crippen LogP contribution in [0.25, 0.3) is 0 Å². The molecule has 0 heterocycles. The Balaban J connectivity index is 1.74. The quantitative estimate of drug-likeness (QED) is 0.693. The van der Waals surface area contributed by atoms with Gasteiger partial charge in [-0.15, -0.1) is 0 Å². The minimum Gasteiger partial charge on any atom is -0.492 e. The van der Waals surface area contributed by atoms with Gasteiger partial charge in [-0.3, -0.25) is 0 Å². The molecule has 0 aromatic heterocycles. The third-order valence-corrected chi connectivity index (χ3v) is 3.62. The fraction of sp³-hybridized carbons (Fsp3) is 0.625. The van der Waals surface area contributed by atoms with Gasteiger partial charge in [-0.2, -0.15) is 0 Å². The monoisotopic (exact) mass is 262 g/mol. The van der Waals surface area contributed by atoms with E-state index in [0.29, 0.717) is 0 Å². The van der Waals surface area contributed by atoms with Crippen molar-refractivity contribution in [2.75, 3.05) is 37.7 Å². The molecule has 1 N–H and O–H groups in total. The summed E-state index contributed by atoms with van der Waals surface area (Å²) in [6, 6.07) is 8.38. The largest absolute Gasteiger partial charge is 0.492 e. The molecular formula is C16H26N2O. The summed E-state index contributed by atoms with van der Waals surface area (Å²) in [5.74, 6) is 1.91. The predicted octanol–water partition coefficient (Wildman–Crippen LogP) is 2.91. The van der Waals surface area contributed by atoms with Crippen LogP contribution >= 0.6 is 0 Å². The molecule has 1 aliphatic carbocycles. The Kier molecular flexibility index (Phi) is 5.52. The lowest BCUT2D eigenvalue weighted by Crippen LogP contribution is -2.23. The maximum absolute atomic E-state index is 5.80. The van der Waals surface area contributed by atoms with Gasteiger partial charge in [-0.1, -0.05) is 6.07 Å². The highest BCUT2D eigenvalue weighted by Crippen LogP contribution is 2.27. The smallest absolute Gasteiger partial charge is 0.121 e. The Morgan fingerprint density at radius 2 is 2.05 bits per heavy atom. The van der Waals surface area contributed by atoms with Crippen LogP contribution in [0.15, 0.2) is 24.3 Å². The standard InChI is InChI=1S/C16H26N2O/c1-3-18(4-2)15-6-5-7-16(12-15)19-11-10-17-13-14-8-9-14/h5-7,12,14,17H,3-4,8-11,13H2,1-2H3. The highest BCUT2D eigenvalue weighted by molar-refractivity contribution is 5.50. The number of nitrogens with zero attached hydrogens (tertiary/aromatic N) is 1. The van der Waals surface area contributed by atoms with E-state index in [1.54, 1.807) is 0 Å². The van der Waals surface area contributed by atoms with Gasteiger partial charge in [-0.25, -0.2) is 0 Å². The van der Waals surface area contributed by atoms with Gasteiger partial charge in [0.15, 0.2) is 0 Å². The zero-order valence-electron chi connectivity index (χ0n) is 12.2. The van der Waals surface area contributed by atoms with E-state index in [1.165, 1.54) is 18.5 Å². The first-order valence-corrected chi connectivity index (χ1v) is 7.52. The number of rotatable bonds is 9. The van der Waals surface area contributed by atoms with E-state index in [1.807, 2.05) is 6.07 Å². The Morgan fingerprint density at radius 1 is 1.26 bits per heavy atom.